The number of benzene rings is 1. The highest BCUT2D eigenvalue weighted by atomic mass is 16.5. The Labute approximate surface area is 141 Å². The van der Waals surface area contributed by atoms with Gasteiger partial charge in [-0.25, -0.2) is 0 Å². The van der Waals surface area contributed by atoms with E-state index in [1.165, 1.54) is 12.0 Å². The summed E-state index contributed by atoms with van der Waals surface area (Å²) >= 11 is 0. The maximum absolute atomic E-state index is 12.9. The number of hydrogen-bond donors (Lipinski definition) is 0. The molecule has 0 saturated heterocycles. The van der Waals surface area contributed by atoms with Gasteiger partial charge in [-0.3, -0.25) is 14.6 Å². The van der Waals surface area contributed by atoms with Crippen LogP contribution >= 0.6 is 0 Å². The van der Waals surface area contributed by atoms with E-state index in [1.807, 2.05) is 31.2 Å². The lowest BCUT2D eigenvalue weighted by Gasteiger charge is -2.22. The van der Waals surface area contributed by atoms with E-state index in [9.17, 15) is 9.59 Å². The van der Waals surface area contributed by atoms with Crippen LogP contribution in [0.4, 0.5) is 0 Å². The van der Waals surface area contributed by atoms with Crippen molar-refractivity contribution in [1.82, 2.24) is 9.88 Å². The Morgan fingerprint density at radius 2 is 1.92 bits per heavy atom. The molecule has 2 rings (SSSR count). The van der Waals surface area contributed by atoms with Gasteiger partial charge in [0.15, 0.2) is 0 Å². The van der Waals surface area contributed by atoms with Crippen LogP contribution in [0.25, 0.3) is 10.9 Å². The molecule has 0 aliphatic heterocycles. The van der Waals surface area contributed by atoms with E-state index >= 15 is 0 Å². The van der Waals surface area contributed by atoms with Crippen molar-refractivity contribution >= 4 is 22.8 Å². The minimum absolute atomic E-state index is 0.121. The van der Waals surface area contributed by atoms with E-state index in [0.717, 1.165) is 16.5 Å². The number of ether oxygens (including phenoxy) is 2. The standard InChI is InChI=1S/C18H22N2O4/c1-12-5-6-14-10-15(13(2)19-16(14)9-12)18(22)20(7-8-23-3)11-17(21)24-4/h5-6,9-10H,7-8,11H2,1-4H3. The number of pyridine rings is 1. The average molecular weight is 330 g/mol. The summed E-state index contributed by atoms with van der Waals surface area (Å²) in [5, 5.41) is 0.888. The SMILES string of the molecule is COCCN(CC(=O)OC)C(=O)c1cc2ccc(C)cc2nc1C. The van der Waals surface area contributed by atoms with Gasteiger partial charge in [0.25, 0.3) is 5.91 Å². The molecule has 24 heavy (non-hydrogen) atoms. The minimum Gasteiger partial charge on any atom is -0.468 e. The molecule has 0 fully saturated rings. The molecule has 1 amide bonds. The number of aryl methyl sites for hydroxylation is 2. The van der Waals surface area contributed by atoms with Crippen molar-refractivity contribution in [2.45, 2.75) is 13.8 Å². The molecule has 0 unspecified atom stereocenters. The van der Waals surface area contributed by atoms with Crippen LogP contribution in [0.3, 0.4) is 0 Å². The van der Waals surface area contributed by atoms with Crippen LogP contribution in [0, 0.1) is 13.8 Å². The van der Waals surface area contributed by atoms with Gasteiger partial charge in [0.05, 0.1) is 30.5 Å². The molecule has 128 valence electrons. The fraction of sp³-hybridized carbons (Fsp3) is 0.389. The Morgan fingerprint density at radius 3 is 2.58 bits per heavy atom. The highest BCUT2D eigenvalue weighted by Crippen LogP contribution is 2.19. The van der Waals surface area contributed by atoms with Crippen molar-refractivity contribution in [3.63, 3.8) is 0 Å². The molecular weight excluding hydrogens is 308 g/mol. The van der Waals surface area contributed by atoms with E-state index in [1.54, 1.807) is 14.0 Å². The van der Waals surface area contributed by atoms with Crippen LogP contribution < -0.4 is 0 Å². The zero-order chi connectivity index (χ0) is 17.7. The number of esters is 1. The second kappa shape index (κ2) is 7.88. The van der Waals surface area contributed by atoms with Crippen LogP contribution in [0.2, 0.25) is 0 Å². The molecule has 0 bridgehead atoms. The Morgan fingerprint density at radius 1 is 1.17 bits per heavy atom. The number of carbonyl (C=O) groups is 2. The predicted molar refractivity (Wildman–Crippen MR) is 91.0 cm³/mol. The first-order valence-electron chi connectivity index (χ1n) is 7.69. The first-order chi connectivity index (χ1) is 11.5. The highest BCUT2D eigenvalue weighted by molar-refractivity contribution is 5.99. The lowest BCUT2D eigenvalue weighted by molar-refractivity contribution is -0.141. The first-order valence-corrected chi connectivity index (χ1v) is 7.69. The van der Waals surface area contributed by atoms with Crippen molar-refractivity contribution in [2.75, 3.05) is 33.9 Å². The fourth-order valence-electron chi connectivity index (χ4n) is 2.43. The summed E-state index contributed by atoms with van der Waals surface area (Å²) in [6, 6.07) is 7.71. The Balaban J connectivity index is 2.37. The van der Waals surface area contributed by atoms with Crippen molar-refractivity contribution in [1.29, 1.82) is 0 Å². The normalized spacial score (nSPS) is 10.7. The maximum atomic E-state index is 12.9. The number of amides is 1. The van der Waals surface area contributed by atoms with Gasteiger partial charge in [0.1, 0.15) is 6.54 Å². The van der Waals surface area contributed by atoms with E-state index in [0.29, 0.717) is 24.4 Å². The highest BCUT2D eigenvalue weighted by Gasteiger charge is 2.21. The van der Waals surface area contributed by atoms with Crippen molar-refractivity contribution in [2.24, 2.45) is 0 Å². The molecule has 1 aromatic heterocycles. The number of carbonyl (C=O) groups excluding carboxylic acids is 2. The lowest BCUT2D eigenvalue weighted by atomic mass is 10.1. The number of aromatic nitrogens is 1. The van der Waals surface area contributed by atoms with E-state index in [-0.39, 0.29) is 12.5 Å². The van der Waals surface area contributed by atoms with Gasteiger partial charge in [-0.15, -0.1) is 0 Å². The minimum atomic E-state index is -0.471. The molecule has 0 N–H and O–H groups in total. The van der Waals surface area contributed by atoms with E-state index in [4.69, 9.17) is 4.74 Å². The molecule has 0 spiro atoms. The quantitative estimate of drug-likeness (QED) is 0.759. The van der Waals surface area contributed by atoms with Gasteiger partial charge in [-0.05, 0) is 31.5 Å². The second-order valence-electron chi connectivity index (χ2n) is 5.61. The van der Waals surface area contributed by atoms with Gasteiger partial charge in [-0.2, -0.15) is 0 Å². The molecule has 0 radical (unpaired) electrons. The van der Waals surface area contributed by atoms with E-state index in [2.05, 4.69) is 9.72 Å². The van der Waals surface area contributed by atoms with Crippen LogP contribution in [-0.4, -0.2) is 55.7 Å². The van der Waals surface area contributed by atoms with Crippen LogP contribution in [0.15, 0.2) is 24.3 Å². The van der Waals surface area contributed by atoms with Crippen molar-refractivity contribution < 1.29 is 19.1 Å². The van der Waals surface area contributed by atoms with Crippen molar-refractivity contribution in [3.8, 4) is 0 Å². The summed E-state index contributed by atoms with van der Waals surface area (Å²) in [5.74, 6) is -0.730. The molecule has 6 heteroatoms. The summed E-state index contributed by atoms with van der Waals surface area (Å²) in [6.07, 6.45) is 0. The lowest BCUT2D eigenvalue weighted by Crippen LogP contribution is -2.38. The van der Waals surface area contributed by atoms with Crippen LogP contribution in [0.1, 0.15) is 21.6 Å². The fourth-order valence-corrected chi connectivity index (χ4v) is 2.43. The Bertz CT molecular complexity index is 758. The molecule has 2 aromatic rings. The van der Waals surface area contributed by atoms with Gasteiger partial charge in [-0.1, -0.05) is 12.1 Å². The molecule has 0 atom stereocenters. The van der Waals surface area contributed by atoms with E-state index < -0.39 is 5.97 Å². The largest absolute Gasteiger partial charge is 0.468 e. The predicted octanol–water partition coefficient (Wildman–Crippen LogP) is 2.11. The molecule has 1 aromatic carbocycles. The second-order valence-corrected chi connectivity index (χ2v) is 5.61. The monoisotopic (exact) mass is 330 g/mol. The van der Waals surface area contributed by atoms with Gasteiger partial charge in [0, 0.05) is 19.0 Å². The number of hydrogen-bond acceptors (Lipinski definition) is 5. The summed E-state index contributed by atoms with van der Waals surface area (Å²) in [4.78, 5) is 30.4. The molecule has 1 heterocycles. The number of methoxy groups -OCH3 is 2. The molecule has 6 nitrogen and oxygen atoms in total. The third-order valence-corrected chi connectivity index (χ3v) is 3.79. The molecule has 0 aliphatic carbocycles. The molecular formula is C18H22N2O4. The topological polar surface area (TPSA) is 68.7 Å². The van der Waals surface area contributed by atoms with Gasteiger partial charge < -0.3 is 14.4 Å². The summed E-state index contributed by atoms with van der Waals surface area (Å²) < 4.78 is 9.70. The average Bonchev–Trinajstić information content (AvgIpc) is 2.57. The van der Waals surface area contributed by atoms with Gasteiger partial charge >= 0.3 is 5.97 Å². The first kappa shape index (κ1) is 17.9. The summed E-state index contributed by atoms with van der Waals surface area (Å²) in [5.41, 5.74) is 3.07. The Hall–Kier alpha value is -2.47. The third kappa shape index (κ3) is 4.08. The number of nitrogens with zero attached hydrogens (tertiary/aromatic N) is 2. The smallest absolute Gasteiger partial charge is 0.325 e. The summed E-state index contributed by atoms with van der Waals surface area (Å²) in [6.45, 7) is 4.31. The zero-order valence-corrected chi connectivity index (χ0v) is 14.5. The zero-order valence-electron chi connectivity index (χ0n) is 14.5. The van der Waals surface area contributed by atoms with Crippen molar-refractivity contribution in [3.05, 3.63) is 41.1 Å². The Kier molecular flexibility index (Phi) is 5.87. The third-order valence-electron chi connectivity index (χ3n) is 3.79. The van der Waals surface area contributed by atoms with Gasteiger partial charge in [0.2, 0.25) is 0 Å². The number of rotatable bonds is 6. The van der Waals surface area contributed by atoms with Crippen LogP contribution in [0.5, 0.6) is 0 Å². The van der Waals surface area contributed by atoms with Crippen LogP contribution in [-0.2, 0) is 14.3 Å². The maximum Gasteiger partial charge on any atom is 0.325 e. The molecule has 0 saturated carbocycles. The summed E-state index contributed by atoms with van der Waals surface area (Å²) in [7, 11) is 2.85. The number of fused-ring (bicyclic) bond motifs is 1. The molecule has 0 aliphatic rings.